The molecule has 0 unspecified atom stereocenters. The number of carbonyl (C=O) groups is 1. The summed E-state index contributed by atoms with van der Waals surface area (Å²) in [5.74, 6) is 1.32. The van der Waals surface area contributed by atoms with Gasteiger partial charge in [0, 0.05) is 22.0 Å². The second-order valence-corrected chi connectivity index (χ2v) is 8.64. The van der Waals surface area contributed by atoms with Crippen LogP contribution in [0.3, 0.4) is 0 Å². The molecule has 8 nitrogen and oxygen atoms in total. The summed E-state index contributed by atoms with van der Waals surface area (Å²) >= 11 is 6.01. The van der Waals surface area contributed by atoms with Gasteiger partial charge in [0.2, 0.25) is 5.95 Å². The highest BCUT2D eigenvalue weighted by atomic mass is 35.5. The molecule has 182 valence electrons. The highest BCUT2D eigenvalue weighted by Crippen LogP contribution is 2.43. The van der Waals surface area contributed by atoms with Gasteiger partial charge in [0.1, 0.15) is 19.0 Å². The maximum atomic E-state index is 13.6. The molecule has 1 aromatic heterocycles. The van der Waals surface area contributed by atoms with Crippen molar-refractivity contribution in [2.75, 3.05) is 17.7 Å². The number of amides is 1. The number of anilines is 2. The summed E-state index contributed by atoms with van der Waals surface area (Å²) in [6.07, 6.45) is 1.45. The molecule has 0 bridgehead atoms. The van der Waals surface area contributed by atoms with Gasteiger partial charge in [-0.1, -0.05) is 54.1 Å². The number of carbonyl (C=O) groups excluding carboxylic acids is 1. The SMILES string of the molecule is COc1cccc([C@H]2C(C(=O)Nc3ccc(Cl)cc3)=C(C)Nc3ncnn32)c1OCc1ccccc1. The van der Waals surface area contributed by atoms with Crippen molar-refractivity contribution in [2.45, 2.75) is 19.6 Å². The minimum absolute atomic E-state index is 0.287. The van der Waals surface area contributed by atoms with E-state index in [1.54, 1.807) is 36.1 Å². The van der Waals surface area contributed by atoms with Crippen LogP contribution in [0.2, 0.25) is 5.02 Å². The number of halogens is 1. The van der Waals surface area contributed by atoms with Gasteiger partial charge in [0.15, 0.2) is 11.5 Å². The normalized spacial score (nSPS) is 14.6. The van der Waals surface area contributed by atoms with E-state index in [1.807, 2.05) is 55.5 Å². The van der Waals surface area contributed by atoms with Gasteiger partial charge in [-0.15, -0.1) is 0 Å². The molecule has 1 atom stereocenters. The average Bonchev–Trinajstić information content (AvgIpc) is 3.36. The number of para-hydroxylation sites is 1. The third-order valence-electron chi connectivity index (χ3n) is 5.89. The van der Waals surface area contributed by atoms with E-state index in [4.69, 9.17) is 21.1 Å². The number of methoxy groups -OCH3 is 1. The molecule has 2 heterocycles. The predicted molar refractivity (Wildman–Crippen MR) is 138 cm³/mol. The van der Waals surface area contributed by atoms with Crippen molar-refractivity contribution in [3.63, 3.8) is 0 Å². The number of nitrogens with zero attached hydrogens (tertiary/aromatic N) is 3. The molecule has 1 aliphatic heterocycles. The molecular weight excluding hydrogens is 478 g/mol. The standard InChI is InChI=1S/C27H24ClN5O3/c1-17-23(26(34)32-20-13-11-19(28)12-14-20)24(33-27(31-17)29-16-30-33)21-9-6-10-22(35-2)25(21)36-15-18-7-4-3-5-8-18/h3-14,16,24H,15H2,1-2H3,(H,32,34)(H,29,30,31)/t24-/m0/s1. The van der Waals surface area contributed by atoms with Crippen LogP contribution in [0, 0.1) is 0 Å². The molecule has 0 aliphatic carbocycles. The first-order chi connectivity index (χ1) is 17.5. The molecule has 1 amide bonds. The highest BCUT2D eigenvalue weighted by molar-refractivity contribution is 6.30. The number of ether oxygens (including phenoxy) is 2. The summed E-state index contributed by atoms with van der Waals surface area (Å²) in [6, 6.07) is 21.8. The van der Waals surface area contributed by atoms with Crippen molar-refractivity contribution in [3.8, 4) is 11.5 Å². The molecule has 0 saturated heterocycles. The Morgan fingerprint density at radius 1 is 1.08 bits per heavy atom. The van der Waals surface area contributed by atoms with E-state index < -0.39 is 6.04 Å². The summed E-state index contributed by atoms with van der Waals surface area (Å²) in [7, 11) is 1.59. The monoisotopic (exact) mass is 501 g/mol. The maximum Gasteiger partial charge on any atom is 0.255 e. The Bertz CT molecular complexity index is 1420. The Morgan fingerprint density at radius 3 is 2.61 bits per heavy atom. The zero-order valence-electron chi connectivity index (χ0n) is 19.7. The van der Waals surface area contributed by atoms with Crippen molar-refractivity contribution in [3.05, 3.63) is 107 Å². The molecule has 5 rings (SSSR count). The van der Waals surface area contributed by atoms with Gasteiger partial charge < -0.3 is 20.1 Å². The van der Waals surface area contributed by atoms with Crippen LogP contribution in [0.1, 0.15) is 24.1 Å². The molecule has 0 spiro atoms. The number of nitrogens with one attached hydrogen (secondary N) is 2. The fourth-order valence-corrected chi connectivity index (χ4v) is 4.32. The van der Waals surface area contributed by atoms with E-state index in [1.165, 1.54) is 6.33 Å². The molecule has 3 aromatic carbocycles. The molecule has 0 saturated carbocycles. The summed E-state index contributed by atoms with van der Waals surface area (Å²) in [6.45, 7) is 2.17. The topological polar surface area (TPSA) is 90.3 Å². The van der Waals surface area contributed by atoms with Gasteiger partial charge in [0.05, 0.1) is 12.7 Å². The van der Waals surface area contributed by atoms with Crippen LogP contribution in [0.25, 0.3) is 0 Å². The van der Waals surface area contributed by atoms with Crippen molar-refractivity contribution < 1.29 is 14.3 Å². The minimum atomic E-state index is -0.614. The van der Waals surface area contributed by atoms with E-state index in [0.717, 1.165) is 11.1 Å². The second kappa shape index (κ2) is 10.1. The summed E-state index contributed by atoms with van der Waals surface area (Å²) in [5, 5.41) is 11.2. The molecule has 0 fully saturated rings. The Morgan fingerprint density at radius 2 is 1.86 bits per heavy atom. The number of hydrogen-bond acceptors (Lipinski definition) is 6. The summed E-state index contributed by atoms with van der Waals surface area (Å²) in [4.78, 5) is 18.0. The Labute approximate surface area is 213 Å². The predicted octanol–water partition coefficient (Wildman–Crippen LogP) is 5.45. The lowest BCUT2D eigenvalue weighted by atomic mass is 9.94. The third-order valence-corrected chi connectivity index (χ3v) is 6.14. The summed E-state index contributed by atoms with van der Waals surface area (Å²) in [5.41, 5.74) is 3.48. The number of allylic oxidation sites excluding steroid dienone is 1. The number of rotatable bonds is 7. The largest absolute Gasteiger partial charge is 0.493 e. The van der Waals surface area contributed by atoms with Crippen LogP contribution in [0.15, 0.2) is 90.4 Å². The van der Waals surface area contributed by atoms with Crippen LogP contribution >= 0.6 is 11.6 Å². The molecule has 36 heavy (non-hydrogen) atoms. The van der Waals surface area contributed by atoms with E-state index >= 15 is 0 Å². The first-order valence-corrected chi connectivity index (χ1v) is 11.7. The lowest BCUT2D eigenvalue weighted by Gasteiger charge is -2.30. The van der Waals surface area contributed by atoms with Gasteiger partial charge >= 0.3 is 0 Å². The Balaban J connectivity index is 1.57. The molecule has 4 aromatic rings. The van der Waals surface area contributed by atoms with E-state index in [-0.39, 0.29) is 5.91 Å². The third kappa shape index (κ3) is 4.63. The van der Waals surface area contributed by atoms with Crippen molar-refractivity contribution >= 4 is 29.1 Å². The fraction of sp³-hybridized carbons (Fsp3) is 0.148. The van der Waals surface area contributed by atoms with Crippen LogP contribution < -0.4 is 20.1 Å². The zero-order chi connectivity index (χ0) is 25.1. The number of benzene rings is 3. The lowest BCUT2D eigenvalue weighted by Crippen LogP contribution is -2.31. The van der Waals surface area contributed by atoms with Gasteiger partial charge in [-0.2, -0.15) is 10.1 Å². The van der Waals surface area contributed by atoms with Crippen LogP contribution in [-0.4, -0.2) is 27.8 Å². The van der Waals surface area contributed by atoms with Crippen molar-refractivity contribution in [1.29, 1.82) is 0 Å². The van der Waals surface area contributed by atoms with Gasteiger partial charge in [0.25, 0.3) is 5.91 Å². The van der Waals surface area contributed by atoms with Crippen LogP contribution in [-0.2, 0) is 11.4 Å². The molecule has 1 aliphatic rings. The molecule has 2 N–H and O–H groups in total. The quantitative estimate of drug-likeness (QED) is 0.350. The highest BCUT2D eigenvalue weighted by Gasteiger charge is 2.36. The minimum Gasteiger partial charge on any atom is -0.493 e. The molecule has 0 radical (unpaired) electrons. The average molecular weight is 502 g/mol. The van der Waals surface area contributed by atoms with Gasteiger partial charge in [-0.25, -0.2) is 4.68 Å². The Kier molecular flexibility index (Phi) is 6.60. The zero-order valence-corrected chi connectivity index (χ0v) is 20.5. The van der Waals surface area contributed by atoms with Crippen molar-refractivity contribution in [2.24, 2.45) is 0 Å². The Hall–Kier alpha value is -4.30. The van der Waals surface area contributed by atoms with Gasteiger partial charge in [-0.3, -0.25) is 4.79 Å². The number of hydrogen-bond donors (Lipinski definition) is 2. The van der Waals surface area contributed by atoms with Crippen LogP contribution in [0.5, 0.6) is 11.5 Å². The fourth-order valence-electron chi connectivity index (χ4n) is 4.20. The maximum absolute atomic E-state index is 13.6. The van der Waals surface area contributed by atoms with E-state index in [9.17, 15) is 4.79 Å². The smallest absolute Gasteiger partial charge is 0.255 e. The molecule has 9 heteroatoms. The molecular formula is C27H24ClN5O3. The van der Waals surface area contributed by atoms with E-state index in [2.05, 4.69) is 20.7 Å². The number of fused-ring (bicyclic) bond motifs is 1. The number of aromatic nitrogens is 3. The van der Waals surface area contributed by atoms with E-state index in [0.29, 0.717) is 46.0 Å². The first kappa shape index (κ1) is 23.4. The summed E-state index contributed by atoms with van der Waals surface area (Å²) < 4.78 is 13.6. The van der Waals surface area contributed by atoms with Gasteiger partial charge in [-0.05, 0) is 42.8 Å². The lowest BCUT2D eigenvalue weighted by molar-refractivity contribution is -0.113. The second-order valence-electron chi connectivity index (χ2n) is 8.21. The van der Waals surface area contributed by atoms with Crippen LogP contribution in [0.4, 0.5) is 11.6 Å². The first-order valence-electron chi connectivity index (χ1n) is 11.3. The van der Waals surface area contributed by atoms with Crippen molar-refractivity contribution in [1.82, 2.24) is 14.8 Å².